The van der Waals surface area contributed by atoms with Crippen LogP contribution in [0.25, 0.3) is 0 Å². The average Bonchev–Trinajstić information content (AvgIpc) is 1.95. The minimum absolute atomic E-state index is 0.474. The van der Waals surface area contributed by atoms with Crippen molar-refractivity contribution < 1.29 is 30.7 Å². The molecule has 0 amide bonds. The minimum Gasteiger partial charge on any atom is -0.223 e. The first-order valence-electron chi connectivity index (χ1n) is 3.14. The van der Waals surface area contributed by atoms with Gasteiger partial charge in [-0.15, -0.1) is 0 Å². The van der Waals surface area contributed by atoms with E-state index in [1.165, 1.54) is 22.6 Å². The van der Waals surface area contributed by atoms with E-state index >= 15 is 0 Å². The normalized spacial score (nSPS) is 15.1. The van der Waals surface area contributed by atoms with Crippen LogP contribution in [0, 0.1) is 0 Å². The Morgan fingerprint density at radius 1 is 0.857 bits per heavy atom. The van der Waals surface area contributed by atoms with E-state index in [2.05, 4.69) is 0 Å². The number of alkyl halides is 7. The van der Waals surface area contributed by atoms with Gasteiger partial charge in [-0.2, -0.15) is 26.3 Å². The standard InChI is InChI=1S/C6H4F7I/c7-4(2-1-3-14,5(8,9)10)6(11,12)13/h1,3H,2H2. The summed E-state index contributed by atoms with van der Waals surface area (Å²) in [5.41, 5.74) is -5.17. The zero-order valence-electron chi connectivity index (χ0n) is 6.39. The van der Waals surface area contributed by atoms with Crippen molar-refractivity contribution in [1.82, 2.24) is 0 Å². The summed E-state index contributed by atoms with van der Waals surface area (Å²) in [7, 11) is 0. The lowest BCUT2D eigenvalue weighted by molar-refractivity contribution is -0.340. The zero-order valence-corrected chi connectivity index (χ0v) is 8.54. The maximum Gasteiger partial charge on any atom is 0.431 e. The summed E-state index contributed by atoms with van der Waals surface area (Å²) in [5.74, 6) is 0. The summed E-state index contributed by atoms with van der Waals surface area (Å²) in [6.45, 7) is 0. The van der Waals surface area contributed by atoms with Crippen LogP contribution in [0.2, 0.25) is 0 Å². The molecule has 0 saturated carbocycles. The Morgan fingerprint density at radius 2 is 1.21 bits per heavy atom. The lowest BCUT2D eigenvalue weighted by Gasteiger charge is -2.28. The fourth-order valence-corrected chi connectivity index (χ4v) is 0.853. The largest absolute Gasteiger partial charge is 0.431 e. The van der Waals surface area contributed by atoms with Crippen molar-refractivity contribution in [2.45, 2.75) is 24.4 Å². The summed E-state index contributed by atoms with van der Waals surface area (Å²) in [6, 6.07) is 0. The molecule has 0 rings (SSSR count). The van der Waals surface area contributed by atoms with Crippen LogP contribution in [-0.4, -0.2) is 18.0 Å². The Kier molecular flexibility index (Phi) is 4.23. The molecule has 0 N–H and O–H groups in total. The number of halogens is 8. The first-order chi connectivity index (χ1) is 6.06. The quantitative estimate of drug-likeness (QED) is 0.525. The third-order valence-corrected chi connectivity index (χ3v) is 1.90. The predicted octanol–water partition coefficient (Wildman–Crippen LogP) is 4.16. The molecule has 14 heavy (non-hydrogen) atoms. The van der Waals surface area contributed by atoms with E-state index in [-0.39, 0.29) is 0 Å². The van der Waals surface area contributed by atoms with E-state index in [0.29, 0.717) is 6.08 Å². The van der Waals surface area contributed by atoms with E-state index in [4.69, 9.17) is 0 Å². The summed E-state index contributed by atoms with van der Waals surface area (Å²) in [5, 5.41) is 0. The van der Waals surface area contributed by atoms with Gasteiger partial charge in [0.1, 0.15) is 0 Å². The molecule has 0 aliphatic rings. The van der Waals surface area contributed by atoms with Crippen molar-refractivity contribution in [2.75, 3.05) is 0 Å². The van der Waals surface area contributed by atoms with Crippen LogP contribution in [-0.2, 0) is 0 Å². The maximum absolute atomic E-state index is 12.7. The molecule has 0 nitrogen and oxygen atoms in total. The molecular weight excluding hydrogens is 332 g/mol. The van der Waals surface area contributed by atoms with Crippen LogP contribution >= 0.6 is 22.6 Å². The monoisotopic (exact) mass is 336 g/mol. The van der Waals surface area contributed by atoms with Crippen LogP contribution in [0.3, 0.4) is 0 Å². The Balaban J connectivity index is 5.07. The van der Waals surface area contributed by atoms with Crippen LogP contribution < -0.4 is 0 Å². The highest BCUT2D eigenvalue weighted by Gasteiger charge is 2.71. The second-order valence-electron chi connectivity index (χ2n) is 2.36. The summed E-state index contributed by atoms with van der Waals surface area (Å²) >= 11 is 1.40. The number of rotatable bonds is 2. The number of hydrogen-bond acceptors (Lipinski definition) is 0. The molecule has 0 atom stereocenters. The molecule has 0 aromatic rings. The summed E-state index contributed by atoms with van der Waals surface area (Å²) in [4.78, 5) is 0. The highest BCUT2D eigenvalue weighted by Crippen LogP contribution is 2.48. The molecule has 0 aromatic heterocycles. The fraction of sp³-hybridized carbons (Fsp3) is 0.667. The van der Waals surface area contributed by atoms with E-state index in [1.807, 2.05) is 0 Å². The number of allylic oxidation sites excluding steroid dienone is 1. The van der Waals surface area contributed by atoms with Crippen LogP contribution in [0.5, 0.6) is 0 Å². The lowest BCUT2D eigenvalue weighted by atomic mass is 10.0. The highest BCUT2D eigenvalue weighted by atomic mass is 127. The molecule has 0 fully saturated rings. The van der Waals surface area contributed by atoms with Crippen molar-refractivity contribution in [3.05, 3.63) is 10.2 Å². The van der Waals surface area contributed by atoms with Gasteiger partial charge >= 0.3 is 18.0 Å². The molecule has 0 radical (unpaired) electrons. The van der Waals surface area contributed by atoms with Gasteiger partial charge in [0.05, 0.1) is 0 Å². The van der Waals surface area contributed by atoms with Crippen LogP contribution in [0.1, 0.15) is 6.42 Å². The van der Waals surface area contributed by atoms with Crippen molar-refractivity contribution >= 4 is 22.6 Å². The molecule has 0 spiro atoms. The van der Waals surface area contributed by atoms with E-state index in [9.17, 15) is 30.7 Å². The first-order valence-corrected chi connectivity index (χ1v) is 4.38. The van der Waals surface area contributed by atoms with Gasteiger partial charge in [-0.05, 0) is 4.08 Å². The molecule has 0 aromatic carbocycles. The number of hydrogen-bond donors (Lipinski definition) is 0. The van der Waals surface area contributed by atoms with Crippen molar-refractivity contribution in [1.29, 1.82) is 0 Å². The van der Waals surface area contributed by atoms with Gasteiger partial charge in [0.15, 0.2) is 0 Å². The molecule has 0 heterocycles. The van der Waals surface area contributed by atoms with Gasteiger partial charge in [-0.3, -0.25) is 0 Å². The molecule has 8 heteroatoms. The Hall–Kier alpha value is -0.0200. The second-order valence-corrected chi connectivity index (χ2v) is 3.08. The van der Waals surface area contributed by atoms with E-state index < -0.39 is 24.4 Å². The second kappa shape index (κ2) is 4.23. The lowest BCUT2D eigenvalue weighted by Crippen LogP contribution is -2.52. The molecule has 84 valence electrons. The molecule has 0 bridgehead atoms. The van der Waals surface area contributed by atoms with Crippen LogP contribution in [0.15, 0.2) is 10.2 Å². The van der Waals surface area contributed by atoms with Gasteiger partial charge in [-0.1, -0.05) is 28.7 Å². The van der Waals surface area contributed by atoms with Gasteiger partial charge in [-0.25, -0.2) is 4.39 Å². The van der Waals surface area contributed by atoms with Gasteiger partial charge in [0, 0.05) is 6.42 Å². The summed E-state index contributed by atoms with van der Waals surface area (Å²) < 4.78 is 84.3. The van der Waals surface area contributed by atoms with Crippen molar-refractivity contribution in [2.24, 2.45) is 0 Å². The van der Waals surface area contributed by atoms with Gasteiger partial charge in [0.25, 0.3) is 0 Å². The van der Waals surface area contributed by atoms with Crippen molar-refractivity contribution in [3.63, 3.8) is 0 Å². The van der Waals surface area contributed by atoms with E-state index in [1.54, 1.807) is 0 Å². The molecular formula is C6H4F7I. The predicted molar refractivity (Wildman–Crippen MR) is 43.7 cm³/mol. The zero-order chi connectivity index (χ0) is 11.6. The maximum atomic E-state index is 12.7. The molecule has 0 saturated heterocycles. The third kappa shape index (κ3) is 2.74. The smallest absolute Gasteiger partial charge is 0.223 e. The van der Waals surface area contributed by atoms with E-state index in [0.717, 1.165) is 4.08 Å². The Labute approximate surface area is 88.3 Å². The highest BCUT2D eigenvalue weighted by molar-refractivity contribution is 14.1. The van der Waals surface area contributed by atoms with Crippen molar-refractivity contribution in [3.8, 4) is 0 Å². The third-order valence-electron chi connectivity index (χ3n) is 1.39. The first kappa shape index (κ1) is 14.0. The topological polar surface area (TPSA) is 0 Å². The van der Waals surface area contributed by atoms with Crippen LogP contribution in [0.4, 0.5) is 30.7 Å². The summed E-state index contributed by atoms with van der Waals surface area (Å²) in [6.07, 6.45) is -13.2. The molecule has 0 aliphatic carbocycles. The SMILES string of the molecule is FC(F)(F)C(F)(CC=CI)C(F)(F)F. The Morgan fingerprint density at radius 3 is 1.43 bits per heavy atom. The van der Waals surface area contributed by atoms with Gasteiger partial charge in [0.2, 0.25) is 0 Å². The van der Waals surface area contributed by atoms with Gasteiger partial charge < -0.3 is 0 Å². The fourth-order valence-electron chi connectivity index (χ4n) is 0.599. The minimum atomic E-state index is -5.96. The Bertz CT molecular complexity index is 199. The average molecular weight is 336 g/mol. The molecule has 0 unspecified atom stereocenters. The molecule has 0 aliphatic heterocycles.